The lowest BCUT2D eigenvalue weighted by molar-refractivity contribution is 0.138. The molecule has 0 radical (unpaired) electrons. The lowest BCUT2D eigenvalue weighted by Gasteiger charge is -2.38. The zero-order valence-corrected chi connectivity index (χ0v) is 12.3. The lowest BCUT2D eigenvalue weighted by Crippen LogP contribution is -2.44. The van der Waals surface area contributed by atoms with Crippen molar-refractivity contribution < 1.29 is 9.53 Å². The standard InChI is InChI=1S/C13H26O2Si/c1-8-11(14)10-12(9-2)15-16(6,7)13(3,4)5/h8-9,11-12,14H,1-2,10H2,3-7H3/t11?,12-/m1/s1. The van der Waals surface area contributed by atoms with E-state index in [1.807, 2.05) is 0 Å². The second-order valence-electron chi connectivity index (χ2n) is 5.69. The van der Waals surface area contributed by atoms with Crippen molar-refractivity contribution in [3.8, 4) is 0 Å². The Morgan fingerprint density at radius 2 is 1.75 bits per heavy atom. The molecular formula is C13H26O2Si. The van der Waals surface area contributed by atoms with Gasteiger partial charge in [-0.3, -0.25) is 0 Å². The molecule has 2 nitrogen and oxygen atoms in total. The Labute approximate surface area is 101 Å². The first-order valence-electron chi connectivity index (χ1n) is 5.75. The molecule has 0 aromatic rings. The fourth-order valence-corrected chi connectivity index (χ4v) is 2.38. The van der Waals surface area contributed by atoms with Crippen molar-refractivity contribution >= 4 is 8.32 Å². The summed E-state index contributed by atoms with van der Waals surface area (Å²) in [4.78, 5) is 0. The van der Waals surface area contributed by atoms with Gasteiger partial charge < -0.3 is 9.53 Å². The molecule has 0 rings (SSSR count). The highest BCUT2D eigenvalue weighted by Crippen LogP contribution is 2.37. The smallest absolute Gasteiger partial charge is 0.192 e. The van der Waals surface area contributed by atoms with Crippen molar-refractivity contribution in [2.75, 3.05) is 0 Å². The Morgan fingerprint density at radius 3 is 2.06 bits per heavy atom. The molecule has 94 valence electrons. The second-order valence-corrected chi connectivity index (χ2v) is 10.4. The molecule has 0 saturated heterocycles. The van der Waals surface area contributed by atoms with Gasteiger partial charge in [-0.15, -0.1) is 13.2 Å². The molecule has 0 heterocycles. The minimum absolute atomic E-state index is 0.0890. The highest BCUT2D eigenvalue weighted by Gasteiger charge is 2.38. The van der Waals surface area contributed by atoms with Crippen LogP contribution in [0.3, 0.4) is 0 Å². The van der Waals surface area contributed by atoms with Gasteiger partial charge in [0, 0.05) is 6.42 Å². The summed E-state index contributed by atoms with van der Waals surface area (Å²) in [5.74, 6) is 0. The lowest BCUT2D eigenvalue weighted by atomic mass is 10.1. The van der Waals surface area contributed by atoms with Crippen LogP contribution in [0.25, 0.3) is 0 Å². The fourth-order valence-electron chi connectivity index (χ4n) is 1.08. The van der Waals surface area contributed by atoms with Gasteiger partial charge in [0.05, 0.1) is 12.2 Å². The van der Waals surface area contributed by atoms with Crippen LogP contribution in [-0.2, 0) is 4.43 Å². The summed E-state index contributed by atoms with van der Waals surface area (Å²) in [5, 5.41) is 9.70. The Bertz CT molecular complexity index is 241. The Morgan fingerprint density at radius 1 is 1.25 bits per heavy atom. The number of hydrogen-bond donors (Lipinski definition) is 1. The number of aliphatic hydroxyl groups is 1. The van der Waals surface area contributed by atoms with Crippen LogP contribution in [0.2, 0.25) is 18.1 Å². The van der Waals surface area contributed by atoms with Gasteiger partial charge in [0.25, 0.3) is 0 Å². The van der Waals surface area contributed by atoms with Gasteiger partial charge in [0.1, 0.15) is 0 Å². The van der Waals surface area contributed by atoms with E-state index in [9.17, 15) is 5.11 Å². The van der Waals surface area contributed by atoms with Crippen molar-refractivity contribution in [1.82, 2.24) is 0 Å². The van der Waals surface area contributed by atoms with E-state index in [4.69, 9.17) is 4.43 Å². The molecule has 0 amide bonds. The van der Waals surface area contributed by atoms with Crippen LogP contribution in [0.4, 0.5) is 0 Å². The predicted octanol–water partition coefficient (Wildman–Crippen LogP) is 3.50. The molecule has 0 fully saturated rings. The molecule has 1 unspecified atom stereocenters. The molecule has 1 N–H and O–H groups in total. The maximum Gasteiger partial charge on any atom is 0.192 e. The average Bonchev–Trinajstić information content (AvgIpc) is 2.14. The van der Waals surface area contributed by atoms with Gasteiger partial charge in [-0.25, -0.2) is 0 Å². The van der Waals surface area contributed by atoms with Crippen LogP contribution < -0.4 is 0 Å². The summed E-state index contributed by atoms with van der Waals surface area (Å²) in [6.45, 7) is 18.3. The van der Waals surface area contributed by atoms with E-state index >= 15 is 0 Å². The van der Waals surface area contributed by atoms with E-state index in [1.165, 1.54) is 6.08 Å². The minimum atomic E-state index is -1.79. The van der Waals surface area contributed by atoms with Crippen molar-refractivity contribution in [2.24, 2.45) is 0 Å². The first-order valence-corrected chi connectivity index (χ1v) is 8.66. The Hall–Kier alpha value is -0.383. The molecule has 0 aromatic carbocycles. The van der Waals surface area contributed by atoms with Crippen LogP contribution in [0, 0.1) is 0 Å². The topological polar surface area (TPSA) is 29.5 Å². The number of hydrogen-bond acceptors (Lipinski definition) is 2. The van der Waals surface area contributed by atoms with E-state index < -0.39 is 14.4 Å². The third kappa shape index (κ3) is 4.64. The fraction of sp³-hybridized carbons (Fsp3) is 0.692. The van der Waals surface area contributed by atoms with Crippen molar-refractivity contribution in [3.05, 3.63) is 25.3 Å². The summed E-state index contributed by atoms with van der Waals surface area (Å²) >= 11 is 0. The first kappa shape index (κ1) is 15.6. The molecule has 0 aliphatic carbocycles. The van der Waals surface area contributed by atoms with Crippen LogP contribution in [-0.4, -0.2) is 25.6 Å². The Balaban J connectivity index is 4.54. The van der Waals surface area contributed by atoms with Gasteiger partial charge >= 0.3 is 0 Å². The molecule has 0 aliphatic heterocycles. The molecule has 0 aromatic heterocycles. The Kier molecular flexibility index (Phi) is 5.66. The van der Waals surface area contributed by atoms with E-state index in [-0.39, 0.29) is 11.1 Å². The first-order chi connectivity index (χ1) is 7.14. The van der Waals surface area contributed by atoms with Crippen molar-refractivity contribution in [1.29, 1.82) is 0 Å². The normalized spacial score (nSPS) is 16.6. The molecule has 2 atom stereocenters. The van der Waals surface area contributed by atoms with Gasteiger partial charge in [-0.1, -0.05) is 32.9 Å². The molecule has 3 heteroatoms. The maximum absolute atomic E-state index is 9.53. The van der Waals surface area contributed by atoms with Crippen molar-refractivity contribution in [2.45, 2.75) is 57.5 Å². The van der Waals surface area contributed by atoms with Crippen LogP contribution >= 0.6 is 0 Å². The number of rotatable bonds is 6. The molecule has 0 saturated carbocycles. The van der Waals surface area contributed by atoms with E-state index in [1.54, 1.807) is 6.08 Å². The minimum Gasteiger partial charge on any atom is -0.410 e. The summed E-state index contributed by atoms with van der Waals surface area (Å²) in [7, 11) is -1.79. The van der Waals surface area contributed by atoms with E-state index in [0.717, 1.165) is 0 Å². The van der Waals surface area contributed by atoms with E-state index in [0.29, 0.717) is 6.42 Å². The van der Waals surface area contributed by atoms with Gasteiger partial charge in [0.2, 0.25) is 0 Å². The van der Waals surface area contributed by atoms with Gasteiger partial charge in [-0.05, 0) is 18.1 Å². The van der Waals surface area contributed by atoms with Crippen molar-refractivity contribution in [3.63, 3.8) is 0 Å². The predicted molar refractivity (Wildman–Crippen MR) is 73.1 cm³/mol. The summed E-state index contributed by atoms with van der Waals surface area (Å²) < 4.78 is 6.14. The number of aliphatic hydroxyl groups excluding tert-OH is 1. The zero-order valence-electron chi connectivity index (χ0n) is 11.3. The monoisotopic (exact) mass is 242 g/mol. The molecule has 0 spiro atoms. The van der Waals surface area contributed by atoms with Gasteiger partial charge in [0.15, 0.2) is 8.32 Å². The summed E-state index contributed by atoms with van der Waals surface area (Å²) in [6, 6.07) is 0. The molecule has 0 bridgehead atoms. The molecular weight excluding hydrogens is 216 g/mol. The van der Waals surface area contributed by atoms with Gasteiger partial charge in [-0.2, -0.15) is 0 Å². The highest BCUT2D eigenvalue weighted by molar-refractivity contribution is 6.74. The third-order valence-electron chi connectivity index (χ3n) is 3.26. The van der Waals surface area contributed by atoms with Crippen LogP contribution in [0.5, 0.6) is 0 Å². The zero-order chi connectivity index (χ0) is 13.0. The average molecular weight is 242 g/mol. The SMILES string of the molecule is C=CC(O)C[C@@H](C=C)O[Si](C)(C)C(C)(C)C. The highest BCUT2D eigenvalue weighted by atomic mass is 28.4. The summed E-state index contributed by atoms with van der Waals surface area (Å²) in [6.07, 6.45) is 3.24. The third-order valence-corrected chi connectivity index (χ3v) is 7.77. The van der Waals surface area contributed by atoms with Crippen LogP contribution in [0.15, 0.2) is 25.3 Å². The van der Waals surface area contributed by atoms with E-state index in [2.05, 4.69) is 47.0 Å². The molecule has 16 heavy (non-hydrogen) atoms. The summed E-state index contributed by atoms with van der Waals surface area (Å²) in [5.41, 5.74) is 0. The molecule has 0 aliphatic rings. The largest absolute Gasteiger partial charge is 0.410 e. The quantitative estimate of drug-likeness (QED) is 0.570. The maximum atomic E-state index is 9.53. The van der Waals surface area contributed by atoms with Crippen LogP contribution in [0.1, 0.15) is 27.2 Å². The second kappa shape index (κ2) is 5.80.